The van der Waals surface area contributed by atoms with E-state index >= 15 is 0 Å². The second-order valence-electron chi connectivity index (χ2n) is 7.75. The fourth-order valence-electron chi connectivity index (χ4n) is 3.36. The molecule has 2 heterocycles. The van der Waals surface area contributed by atoms with Crippen molar-refractivity contribution in [1.29, 1.82) is 0 Å². The molecule has 0 aliphatic carbocycles. The molecule has 0 bridgehead atoms. The van der Waals surface area contributed by atoms with Crippen molar-refractivity contribution in [3.05, 3.63) is 50.9 Å². The van der Waals surface area contributed by atoms with E-state index in [-0.39, 0.29) is 34.2 Å². The maximum absolute atomic E-state index is 13.2. The molecule has 0 fully saturated rings. The largest absolute Gasteiger partial charge is 0.416 e. The van der Waals surface area contributed by atoms with Gasteiger partial charge in [-0.05, 0) is 43.4 Å². The Labute approximate surface area is 191 Å². The van der Waals surface area contributed by atoms with Crippen LogP contribution in [0.3, 0.4) is 0 Å². The highest BCUT2D eigenvalue weighted by Gasteiger charge is 2.31. The van der Waals surface area contributed by atoms with Crippen LogP contribution in [0.5, 0.6) is 0 Å². The number of hydrogen-bond donors (Lipinski definition) is 1. The molecule has 0 saturated carbocycles. The number of nitrogens with zero attached hydrogens (tertiary/aromatic N) is 3. The molecule has 0 aliphatic rings. The third kappa shape index (κ3) is 4.96. The number of aryl methyl sites for hydroxylation is 1. The summed E-state index contributed by atoms with van der Waals surface area (Å²) in [6.45, 7) is 5.89. The number of benzene rings is 1. The normalized spacial score (nSPS) is 12.0. The van der Waals surface area contributed by atoms with Crippen LogP contribution in [0.2, 0.25) is 5.02 Å². The van der Waals surface area contributed by atoms with Gasteiger partial charge >= 0.3 is 6.18 Å². The summed E-state index contributed by atoms with van der Waals surface area (Å²) in [6, 6.07) is 4.41. The standard InChI is InChI=1S/C21H22ClF3N4O2S/c1-11(2)9-29-19(31)18-16(27-20(29)32-4)7-12(3)28(18)10-17(30)26-15-8-13(21(23,24)25)5-6-14(15)22/h5-8,11H,9-10H2,1-4H3,(H,26,30). The molecule has 11 heteroatoms. The van der Waals surface area contributed by atoms with E-state index < -0.39 is 17.6 Å². The van der Waals surface area contributed by atoms with E-state index in [4.69, 9.17) is 11.6 Å². The first-order valence-corrected chi connectivity index (χ1v) is 11.3. The number of aromatic nitrogens is 3. The van der Waals surface area contributed by atoms with Crippen LogP contribution in [0, 0.1) is 12.8 Å². The fraction of sp³-hybridized carbons (Fsp3) is 0.381. The second kappa shape index (κ2) is 9.19. The second-order valence-corrected chi connectivity index (χ2v) is 8.93. The SMILES string of the molecule is CSc1nc2cc(C)n(CC(=O)Nc3cc(C(F)(F)F)ccc3Cl)c2c(=O)n1CC(C)C. The first kappa shape index (κ1) is 24.2. The average molecular weight is 487 g/mol. The number of alkyl halides is 3. The molecule has 6 nitrogen and oxygen atoms in total. The van der Waals surface area contributed by atoms with Gasteiger partial charge in [-0.3, -0.25) is 14.2 Å². The summed E-state index contributed by atoms with van der Waals surface area (Å²) in [5.41, 5.74) is 0.00840. The van der Waals surface area contributed by atoms with E-state index in [9.17, 15) is 22.8 Å². The van der Waals surface area contributed by atoms with Crippen LogP contribution >= 0.6 is 23.4 Å². The van der Waals surface area contributed by atoms with Gasteiger partial charge in [0.05, 0.1) is 21.8 Å². The van der Waals surface area contributed by atoms with Gasteiger partial charge in [0.2, 0.25) is 5.91 Å². The predicted octanol–water partition coefficient (Wildman–Crippen LogP) is 5.20. The Kier molecular flexibility index (Phi) is 6.94. The summed E-state index contributed by atoms with van der Waals surface area (Å²) in [6.07, 6.45) is -2.74. The van der Waals surface area contributed by atoms with Gasteiger partial charge in [-0.1, -0.05) is 37.2 Å². The maximum atomic E-state index is 13.2. The van der Waals surface area contributed by atoms with E-state index in [1.807, 2.05) is 20.1 Å². The van der Waals surface area contributed by atoms with E-state index in [0.717, 1.165) is 18.2 Å². The van der Waals surface area contributed by atoms with Crippen LogP contribution in [-0.2, 0) is 24.1 Å². The van der Waals surface area contributed by atoms with Crippen molar-refractivity contribution in [2.24, 2.45) is 5.92 Å². The number of carbonyl (C=O) groups is 1. The topological polar surface area (TPSA) is 68.9 Å². The lowest BCUT2D eigenvalue weighted by atomic mass is 10.2. The van der Waals surface area contributed by atoms with Crippen molar-refractivity contribution in [3.8, 4) is 0 Å². The highest BCUT2D eigenvalue weighted by atomic mass is 35.5. The van der Waals surface area contributed by atoms with Crippen molar-refractivity contribution in [3.63, 3.8) is 0 Å². The lowest BCUT2D eigenvalue weighted by Gasteiger charge is -2.15. The molecular formula is C21H22ClF3N4O2S. The van der Waals surface area contributed by atoms with Crippen molar-refractivity contribution < 1.29 is 18.0 Å². The molecular weight excluding hydrogens is 465 g/mol. The van der Waals surface area contributed by atoms with E-state index in [2.05, 4.69) is 10.3 Å². The van der Waals surface area contributed by atoms with E-state index in [0.29, 0.717) is 22.9 Å². The summed E-state index contributed by atoms with van der Waals surface area (Å²) >= 11 is 7.33. The molecule has 0 radical (unpaired) electrons. The zero-order chi connectivity index (χ0) is 23.8. The molecule has 2 aromatic heterocycles. The number of carbonyl (C=O) groups excluding carboxylic acids is 1. The van der Waals surface area contributed by atoms with Crippen LogP contribution in [0.1, 0.15) is 25.1 Å². The van der Waals surface area contributed by atoms with Crippen LogP contribution in [0.15, 0.2) is 34.2 Å². The summed E-state index contributed by atoms with van der Waals surface area (Å²) in [5, 5.41) is 2.97. The number of thioether (sulfide) groups is 1. The average Bonchev–Trinajstić information content (AvgIpc) is 2.99. The van der Waals surface area contributed by atoms with Gasteiger partial charge in [0.1, 0.15) is 12.1 Å². The minimum absolute atomic E-state index is 0.0222. The van der Waals surface area contributed by atoms with Crippen LogP contribution in [0.25, 0.3) is 11.0 Å². The summed E-state index contributed by atoms with van der Waals surface area (Å²) in [7, 11) is 0. The Bertz CT molecular complexity index is 1230. The Balaban J connectivity index is 1.98. The zero-order valence-corrected chi connectivity index (χ0v) is 19.5. The van der Waals surface area contributed by atoms with Gasteiger partial charge in [-0.25, -0.2) is 4.98 Å². The van der Waals surface area contributed by atoms with Gasteiger partial charge < -0.3 is 9.88 Å². The van der Waals surface area contributed by atoms with Gasteiger partial charge in [-0.15, -0.1) is 0 Å². The van der Waals surface area contributed by atoms with Crippen molar-refractivity contribution in [1.82, 2.24) is 14.1 Å². The minimum Gasteiger partial charge on any atom is -0.330 e. The zero-order valence-electron chi connectivity index (χ0n) is 17.9. The smallest absolute Gasteiger partial charge is 0.330 e. The summed E-state index contributed by atoms with van der Waals surface area (Å²) in [5.74, 6) is -0.413. The van der Waals surface area contributed by atoms with Crippen LogP contribution in [0.4, 0.5) is 18.9 Å². The number of halogens is 4. The molecule has 0 atom stereocenters. The molecule has 3 rings (SSSR count). The fourth-order valence-corrected chi connectivity index (χ4v) is 4.10. The van der Waals surface area contributed by atoms with Crippen molar-refractivity contribution in [2.45, 2.75) is 45.2 Å². The quantitative estimate of drug-likeness (QED) is 0.384. The van der Waals surface area contributed by atoms with Gasteiger partial charge in [0.15, 0.2) is 5.16 Å². The van der Waals surface area contributed by atoms with Crippen LogP contribution < -0.4 is 10.9 Å². The molecule has 0 saturated heterocycles. The van der Waals surface area contributed by atoms with Crippen LogP contribution in [-0.4, -0.2) is 26.3 Å². The highest BCUT2D eigenvalue weighted by Crippen LogP contribution is 2.34. The molecule has 0 unspecified atom stereocenters. The molecule has 32 heavy (non-hydrogen) atoms. The Morgan fingerprint density at radius 1 is 1.25 bits per heavy atom. The monoisotopic (exact) mass is 486 g/mol. The highest BCUT2D eigenvalue weighted by molar-refractivity contribution is 7.98. The number of hydrogen-bond acceptors (Lipinski definition) is 4. The van der Waals surface area contributed by atoms with E-state index in [1.165, 1.54) is 16.3 Å². The summed E-state index contributed by atoms with van der Waals surface area (Å²) in [4.78, 5) is 30.5. The minimum atomic E-state index is -4.57. The number of nitrogens with one attached hydrogen (secondary N) is 1. The van der Waals surface area contributed by atoms with E-state index in [1.54, 1.807) is 17.6 Å². The molecule has 172 valence electrons. The van der Waals surface area contributed by atoms with Gasteiger partial charge in [0, 0.05) is 12.2 Å². The molecule has 1 N–H and O–H groups in total. The Morgan fingerprint density at radius 3 is 2.53 bits per heavy atom. The maximum Gasteiger partial charge on any atom is 0.416 e. The number of fused-ring (bicyclic) bond motifs is 1. The Morgan fingerprint density at radius 2 is 1.94 bits per heavy atom. The molecule has 0 aliphatic heterocycles. The molecule has 3 aromatic rings. The lowest BCUT2D eigenvalue weighted by molar-refractivity contribution is -0.137. The number of rotatable bonds is 6. The molecule has 1 amide bonds. The molecule has 1 aromatic carbocycles. The lowest BCUT2D eigenvalue weighted by Crippen LogP contribution is -2.28. The number of anilines is 1. The third-order valence-electron chi connectivity index (χ3n) is 4.78. The number of amides is 1. The first-order valence-electron chi connectivity index (χ1n) is 9.73. The first-order chi connectivity index (χ1) is 14.9. The summed E-state index contributed by atoms with van der Waals surface area (Å²) < 4.78 is 42.1. The van der Waals surface area contributed by atoms with Crippen molar-refractivity contribution >= 4 is 46.0 Å². The predicted molar refractivity (Wildman–Crippen MR) is 120 cm³/mol. The Hall–Kier alpha value is -2.46. The third-order valence-corrected chi connectivity index (χ3v) is 5.78. The van der Waals surface area contributed by atoms with Crippen molar-refractivity contribution in [2.75, 3.05) is 11.6 Å². The van der Waals surface area contributed by atoms with Gasteiger partial charge in [0.25, 0.3) is 5.56 Å². The molecule has 0 spiro atoms. The van der Waals surface area contributed by atoms with Gasteiger partial charge in [-0.2, -0.15) is 13.2 Å².